The normalized spacial score (nSPS) is 10.6. The fraction of sp³-hybridized carbons (Fsp3) is 0.263. The molecule has 8 heteroatoms. The van der Waals surface area contributed by atoms with Crippen LogP contribution in [-0.2, 0) is 22.4 Å². The molecule has 0 aliphatic rings. The molecule has 0 radical (unpaired) electrons. The zero-order chi connectivity index (χ0) is 19.2. The number of rotatable bonds is 7. The number of aryl methyl sites for hydroxylation is 1. The van der Waals surface area contributed by atoms with Crippen LogP contribution in [0.5, 0.6) is 0 Å². The maximum absolute atomic E-state index is 12.5. The molecule has 0 spiro atoms. The Morgan fingerprint density at radius 1 is 1.26 bits per heavy atom. The van der Waals surface area contributed by atoms with Gasteiger partial charge < -0.3 is 10.1 Å². The lowest BCUT2D eigenvalue weighted by Crippen LogP contribution is -2.16. The van der Waals surface area contributed by atoms with Gasteiger partial charge in [-0.25, -0.2) is 9.78 Å². The van der Waals surface area contributed by atoms with Gasteiger partial charge in [-0.1, -0.05) is 13.0 Å². The number of hydrogen-bond donors (Lipinski definition) is 1. The van der Waals surface area contributed by atoms with Crippen molar-refractivity contribution in [1.82, 2.24) is 9.97 Å². The van der Waals surface area contributed by atoms with Gasteiger partial charge >= 0.3 is 5.97 Å². The molecule has 0 unspecified atom stereocenters. The van der Waals surface area contributed by atoms with Crippen LogP contribution in [0.25, 0.3) is 10.7 Å². The number of carbonyl (C=O) groups is 2. The van der Waals surface area contributed by atoms with Crippen molar-refractivity contribution in [3.05, 3.63) is 52.0 Å². The van der Waals surface area contributed by atoms with Crippen LogP contribution in [0.4, 0.5) is 5.00 Å². The van der Waals surface area contributed by atoms with Gasteiger partial charge in [0.05, 0.1) is 30.0 Å². The molecule has 140 valence electrons. The van der Waals surface area contributed by atoms with Crippen molar-refractivity contribution < 1.29 is 14.3 Å². The molecule has 3 aromatic rings. The van der Waals surface area contributed by atoms with E-state index in [-0.39, 0.29) is 12.3 Å². The minimum atomic E-state index is -0.421. The average molecular weight is 402 g/mol. The van der Waals surface area contributed by atoms with Crippen LogP contribution in [0, 0.1) is 0 Å². The third-order valence-corrected chi connectivity index (χ3v) is 5.77. The van der Waals surface area contributed by atoms with Gasteiger partial charge in [0.1, 0.15) is 10.0 Å². The van der Waals surface area contributed by atoms with Crippen LogP contribution in [0.15, 0.2) is 35.8 Å². The summed E-state index contributed by atoms with van der Waals surface area (Å²) in [7, 11) is 0. The summed E-state index contributed by atoms with van der Waals surface area (Å²) in [6.45, 7) is 4.05. The highest BCUT2D eigenvalue weighted by Crippen LogP contribution is 2.29. The Bertz CT molecular complexity index is 935. The van der Waals surface area contributed by atoms with Gasteiger partial charge in [0.2, 0.25) is 5.91 Å². The Morgan fingerprint density at radius 3 is 2.81 bits per heavy atom. The van der Waals surface area contributed by atoms with Gasteiger partial charge in [0.25, 0.3) is 0 Å². The second-order valence-electron chi connectivity index (χ2n) is 5.61. The molecule has 1 amide bonds. The minimum Gasteiger partial charge on any atom is -0.462 e. The van der Waals surface area contributed by atoms with E-state index < -0.39 is 5.97 Å². The fourth-order valence-electron chi connectivity index (χ4n) is 2.40. The van der Waals surface area contributed by atoms with E-state index in [2.05, 4.69) is 15.3 Å². The number of nitrogens with zero attached hydrogens (tertiary/aromatic N) is 2. The van der Waals surface area contributed by atoms with Crippen LogP contribution >= 0.6 is 22.7 Å². The smallest absolute Gasteiger partial charge is 0.341 e. The van der Waals surface area contributed by atoms with Crippen LogP contribution in [0.3, 0.4) is 0 Å². The van der Waals surface area contributed by atoms with Crippen LogP contribution in [0.2, 0.25) is 0 Å². The molecular formula is C19H19N3O3S2. The molecule has 0 saturated carbocycles. The number of nitrogens with one attached hydrogen (secondary N) is 1. The Hall–Kier alpha value is -2.58. The predicted octanol–water partition coefficient (Wildman–Crippen LogP) is 4.19. The van der Waals surface area contributed by atoms with Gasteiger partial charge in [0, 0.05) is 16.5 Å². The summed E-state index contributed by atoms with van der Waals surface area (Å²) in [6, 6.07) is 7.40. The zero-order valence-electron chi connectivity index (χ0n) is 15.0. The van der Waals surface area contributed by atoms with Crippen molar-refractivity contribution >= 4 is 39.6 Å². The van der Waals surface area contributed by atoms with E-state index in [0.29, 0.717) is 22.9 Å². The maximum Gasteiger partial charge on any atom is 0.341 e. The van der Waals surface area contributed by atoms with Gasteiger partial charge in [-0.15, -0.1) is 22.7 Å². The van der Waals surface area contributed by atoms with Crippen molar-refractivity contribution in [2.75, 3.05) is 11.9 Å². The molecule has 3 rings (SSSR count). The Morgan fingerprint density at radius 2 is 2.11 bits per heavy atom. The SMILES string of the molecule is CCOC(=O)c1cc(CC)sc1NC(=O)Cc1csc(-c2ccccn2)n1. The summed E-state index contributed by atoms with van der Waals surface area (Å²) in [5.74, 6) is -0.641. The molecule has 6 nitrogen and oxygen atoms in total. The first kappa shape index (κ1) is 19.2. The standard InChI is InChI=1S/C19H19N3O3S2/c1-3-13-10-14(19(24)25-4-2)17(27-13)22-16(23)9-12-11-26-18(21-12)15-7-5-6-8-20-15/h5-8,10-11H,3-4,9H2,1-2H3,(H,22,23). The number of anilines is 1. The second-order valence-corrected chi connectivity index (χ2v) is 7.61. The first-order chi connectivity index (χ1) is 13.1. The van der Waals surface area contributed by atoms with Gasteiger partial charge in [-0.05, 0) is 31.5 Å². The van der Waals surface area contributed by atoms with E-state index in [1.54, 1.807) is 19.2 Å². The summed E-state index contributed by atoms with van der Waals surface area (Å²) in [6.07, 6.45) is 2.62. The number of thiophene rings is 1. The van der Waals surface area contributed by atoms with Crippen molar-refractivity contribution in [3.63, 3.8) is 0 Å². The van der Waals surface area contributed by atoms with E-state index in [1.807, 2.05) is 30.5 Å². The summed E-state index contributed by atoms with van der Waals surface area (Å²) >= 11 is 2.84. The highest BCUT2D eigenvalue weighted by Gasteiger charge is 2.19. The molecule has 0 aliphatic heterocycles. The number of hydrogen-bond acceptors (Lipinski definition) is 7. The number of ether oxygens (including phenoxy) is 1. The topological polar surface area (TPSA) is 81.2 Å². The molecule has 0 atom stereocenters. The van der Waals surface area contributed by atoms with E-state index >= 15 is 0 Å². The summed E-state index contributed by atoms with van der Waals surface area (Å²) in [4.78, 5) is 34.3. The molecule has 3 heterocycles. The molecule has 0 bridgehead atoms. The molecule has 27 heavy (non-hydrogen) atoms. The first-order valence-corrected chi connectivity index (χ1v) is 10.3. The summed E-state index contributed by atoms with van der Waals surface area (Å²) in [5, 5.41) is 5.98. The number of pyridine rings is 1. The molecule has 0 fully saturated rings. The summed E-state index contributed by atoms with van der Waals surface area (Å²) in [5.41, 5.74) is 1.85. The molecular weight excluding hydrogens is 382 g/mol. The van der Waals surface area contributed by atoms with Crippen molar-refractivity contribution in [2.45, 2.75) is 26.7 Å². The van der Waals surface area contributed by atoms with E-state index in [4.69, 9.17) is 4.74 Å². The fourth-order valence-corrected chi connectivity index (χ4v) is 4.20. The number of esters is 1. The highest BCUT2D eigenvalue weighted by molar-refractivity contribution is 7.16. The second kappa shape index (κ2) is 8.88. The van der Waals surface area contributed by atoms with Crippen LogP contribution in [-0.4, -0.2) is 28.5 Å². The third kappa shape index (κ3) is 4.78. The maximum atomic E-state index is 12.5. The molecule has 0 saturated heterocycles. The third-order valence-electron chi connectivity index (χ3n) is 3.66. The highest BCUT2D eigenvalue weighted by atomic mass is 32.1. The van der Waals surface area contributed by atoms with Crippen molar-refractivity contribution in [2.24, 2.45) is 0 Å². The average Bonchev–Trinajstić information content (AvgIpc) is 3.29. The lowest BCUT2D eigenvalue weighted by Gasteiger charge is -2.05. The van der Waals surface area contributed by atoms with E-state index in [0.717, 1.165) is 22.0 Å². The van der Waals surface area contributed by atoms with Crippen LogP contribution < -0.4 is 5.32 Å². The zero-order valence-corrected chi connectivity index (χ0v) is 16.7. The Kier molecular flexibility index (Phi) is 6.31. The lowest BCUT2D eigenvalue weighted by molar-refractivity contribution is -0.115. The predicted molar refractivity (Wildman–Crippen MR) is 107 cm³/mol. The minimum absolute atomic E-state index is 0.130. The number of aromatic nitrogens is 2. The number of thiazole rings is 1. The van der Waals surface area contributed by atoms with E-state index in [9.17, 15) is 9.59 Å². The first-order valence-electron chi connectivity index (χ1n) is 8.56. The lowest BCUT2D eigenvalue weighted by atomic mass is 10.2. The molecule has 3 aromatic heterocycles. The van der Waals surface area contributed by atoms with Gasteiger partial charge in [-0.2, -0.15) is 0 Å². The number of carbonyl (C=O) groups excluding carboxylic acids is 2. The quantitative estimate of drug-likeness (QED) is 0.601. The van der Waals surface area contributed by atoms with E-state index in [1.165, 1.54) is 22.7 Å². The Balaban J connectivity index is 1.70. The van der Waals surface area contributed by atoms with Gasteiger partial charge in [-0.3, -0.25) is 9.78 Å². The van der Waals surface area contributed by atoms with Crippen molar-refractivity contribution in [3.8, 4) is 10.7 Å². The molecule has 1 N–H and O–H groups in total. The molecule has 0 aliphatic carbocycles. The molecule has 0 aromatic carbocycles. The Labute approximate surface area is 165 Å². The van der Waals surface area contributed by atoms with Crippen molar-refractivity contribution in [1.29, 1.82) is 0 Å². The van der Waals surface area contributed by atoms with Crippen LogP contribution in [0.1, 0.15) is 34.8 Å². The monoisotopic (exact) mass is 401 g/mol. The van der Waals surface area contributed by atoms with Gasteiger partial charge in [0.15, 0.2) is 0 Å². The largest absolute Gasteiger partial charge is 0.462 e. The summed E-state index contributed by atoms with van der Waals surface area (Å²) < 4.78 is 5.08. The number of amides is 1.